The van der Waals surface area contributed by atoms with E-state index in [0.29, 0.717) is 33.1 Å². The fraction of sp³-hybridized carbons (Fsp3) is 0.167. The van der Waals surface area contributed by atoms with Gasteiger partial charge >= 0.3 is 0 Å². The van der Waals surface area contributed by atoms with Crippen molar-refractivity contribution in [2.75, 3.05) is 4.72 Å². The fourth-order valence-electron chi connectivity index (χ4n) is 2.71. The number of benzene rings is 2. The second-order valence-electron chi connectivity index (χ2n) is 6.08. The van der Waals surface area contributed by atoms with Crippen LogP contribution in [0.1, 0.15) is 17.0 Å². The third-order valence-corrected chi connectivity index (χ3v) is 6.26. The third kappa shape index (κ3) is 3.99. The van der Waals surface area contributed by atoms with Gasteiger partial charge in [-0.2, -0.15) is 5.10 Å². The topological polar surface area (TPSA) is 64.0 Å². The maximum Gasteiger partial charge on any atom is 0.264 e. The molecule has 0 unspecified atom stereocenters. The zero-order valence-corrected chi connectivity index (χ0v) is 17.1. The van der Waals surface area contributed by atoms with Gasteiger partial charge in [-0.05, 0) is 38.1 Å². The Labute approximate surface area is 170 Å². The van der Waals surface area contributed by atoms with Crippen LogP contribution in [0.2, 0.25) is 10.0 Å². The molecule has 0 aliphatic carbocycles. The van der Waals surface area contributed by atoms with Crippen LogP contribution in [0.15, 0.2) is 41.3 Å². The molecule has 1 N–H and O–H groups in total. The number of anilines is 1. The Balaban J connectivity index is 1.96. The lowest BCUT2D eigenvalue weighted by atomic mass is 10.2. The van der Waals surface area contributed by atoms with E-state index in [0.717, 1.165) is 12.1 Å². The molecule has 148 valence electrons. The van der Waals surface area contributed by atoms with Crippen molar-refractivity contribution in [3.05, 3.63) is 75.0 Å². The normalized spacial score (nSPS) is 11.6. The Bertz CT molecular complexity index is 1140. The van der Waals surface area contributed by atoms with Crippen molar-refractivity contribution in [1.29, 1.82) is 0 Å². The molecule has 0 aliphatic rings. The molecule has 0 spiro atoms. The summed E-state index contributed by atoms with van der Waals surface area (Å²) in [6, 6.07) is 7.35. The average molecular weight is 446 g/mol. The minimum absolute atomic E-state index is 0.201. The smallest absolute Gasteiger partial charge is 0.264 e. The second kappa shape index (κ2) is 7.69. The molecular weight excluding hydrogens is 431 g/mol. The van der Waals surface area contributed by atoms with Crippen LogP contribution in [0, 0.1) is 25.5 Å². The van der Waals surface area contributed by atoms with Gasteiger partial charge in [-0.1, -0.05) is 29.3 Å². The van der Waals surface area contributed by atoms with Crippen LogP contribution in [0.25, 0.3) is 0 Å². The van der Waals surface area contributed by atoms with Gasteiger partial charge in [-0.3, -0.25) is 9.40 Å². The van der Waals surface area contributed by atoms with Crippen LogP contribution in [0.5, 0.6) is 0 Å². The van der Waals surface area contributed by atoms with E-state index >= 15 is 0 Å². The maximum absolute atomic E-state index is 13.9. The zero-order chi connectivity index (χ0) is 20.6. The minimum Gasteiger partial charge on any atom is -0.276 e. The lowest BCUT2D eigenvalue weighted by molar-refractivity contribution is 0.551. The predicted octanol–water partition coefficient (Wildman–Crippen LogP) is 4.93. The van der Waals surface area contributed by atoms with Gasteiger partial charge in [-0.25, -0.2) is 17.2 Å². The molecule has 0 saturated carbocycles. The number of rotatable bonds is 5. The largest absolute Gasteiger partial charge is 0.276 e. The Morgan fingerprint density at radius 1 is 1.11 bits per heavy atom. The molecule has 0 amide bonds. The molecule has 0 radical (unpaired) electrons. The number of halogens is 4. The Morgan fingerprint density at radius 2 is 1.75 bits per heavy atom. The van der Waals surface area contributed by atoms with Crippen molar-refractivity contribution in [3.63, 3.8) is 0 Å². The Kier molecular flexibility index (Phi) is 5.65. The molecule has 28 heavy (non-hydrogen) atoms. The molecule has 2 aromatic carbocycles. The van der Waals surface area contributed by atoms with E-state index in [1.165, 1.54) is 0 Å². The van der Waals surface area contributed by atoms with Crippen LogP contribution in [0.3, 0.4) is 0 Å². The van der Waals surface area contributed by atoms with Crippen molar-refractivity contribution in [3.8, 4) is 0 Å². The zero-order valence-electron chi connectivity index (χ0n) is 14.8. The van der Waals surface area contributed by atoms with Gasteiger partial charge in [0, 0.05) is 21.7 Å². The molecule has 1 heterocycles. The highest BCUT2D eigenvalue weighted by Gasteiger charge is 2.23. The van der Waals surface area contributed by atoms with Gasteiger partial charge < -0.3 is 0 Å². The third-order valence-electron chi connectivity index (χ3n) is 4.17. The average Bonchev–Trinajstić information content (AvgIpc) is 2.85. The lowest BCUT2D eigenvalue weighted by Gasteiger charge is -2.11. The highest BCUT2D eigenvalue weighted by atomic mass is 35.5. The number of aryl methyl sites for hydroxylation is 1. The standard InChI is InChI=1S/C18H15Cl2F2N3O2S/c1-10-18(24-28(26,27)17-7-6-12(21)8-16(17)22)11(2)25(23-10)9-13-14(19)4-3-5-15(13)20/h3-8,24H,9H2,1-2H3. The number of hydrogen-bond donors (Lipinski definition) is 1. The molecule has 3 aromatic rings. The number of hydrogen-bond acceptors (Lipinski definition) is 3. The quantitative estimate of drug-likeness (QED) is 0.604. The van der Waals surface area contributed by atoms with Gasteiger partial charge in [0.1, 0.15) is 16.5 Å². The van der Waals surface area contributed by atoms with Crippen molar-refractivity contribution < 1.29 is 17.2 Å². The monoisotopic (exact) mass is 445 g/mol. The molecule has 0 aliphatic heterocycles. The molecular formula is C18H15Cl2F2N3O2S. The van der Waals surface area contributed by atoms with E-state index in [-0.39, 0.29) is 12.2 Å². The molecule has 5 nitrogen and oxygen atoms in total. The van der Waals surface area contributed by atoms with Crippen molar-refractivity contribution >= 4 is 38.9 Å². The van der Waals surface area contributed by atoms with Crippen LogP contribution in [-0.2, 0) is 16.6 Å². The van der Waals surface area contributed by atoms with E-state index in [9.17, 15) is 17.2 Å². The summed E-state index contributed by atoms with van der Waals surface area (Å²) in [5.41, 5.74) is 1.70. The van der Waals surface area contributed by atoms with Crippen molar-refractivity contribution in [1.82, 2.24) is 9.78 Å². The summed E-state index contributed by atoms with van der Waals surface area (Å²) in [4.78, 5) is -0.658. The first kappa shape index (κ1) is 20.6. The summed E-state index contributed by atoms with van der Waals surface area (Å²) in [5.74, 6) is -2.05. The first-order chi connectivity index (χ1) is 13.1. The van der Waals surface area contributed by atoms with Crippen LogP contribution >= 0.6 is 23.2 Å². The first-order valence-corrected chi connectivity index (χ1v) is 10.3. The van der Waals surface area contributed by atoms with E-state index in [1.54, 1.807) is 36.7 Å². The molecule has 0 saturated heterocycles. The van der Waals surface area contributed by atoms with Crippen LogP contribution in [-0.4, -0.2) is 18.2 Å². The summed E-state index contributed by atoms with van der Waals surface area (Å²) in [5, 5.41) is 5.23. The van der Waals surface area contributed by atoms with Crippen molar-refractivity contribution in [2.24, 2.45) is 0 Å². The maximum atomic E-state index is 13.9. The number of nitrogens with zero attached hydrogens (tertiary/aromatic N) is 2. The predicted molar refractivity (Wildman–Crippen MR) is 104 cm³/mol. The van der Waals surface area contributed by atoms with Gasteiger partial charge in [0.15, 0.2) is 0 Å². The number of sulfonamides is 1. The summed E-state index contributed by atoms with van der Waals surface area (Å²) < 4.78 is 56.0. The molecule has 10 heteroatoms. The van der Waals surface area contributed by atoms with Gasteiger partial charge in [0.05, 0.1) is 23.6 Å². The highest BCUT2D eigenvalue weighted by Crippen LogP contribution is 2.29. The van der Waals surface area contributed by atoms with E-state index < -0.39 is 26.6 Å². The molecule has 3 rings (SSSR count). The van der Waals surface area contributed by atoms with E-state index in [1.807, 2.05) is 0 Å². The van der Waals surface area contributed by atoms with E-state index in [4.69, 9.17) is 23.2 Å². The number of nitrogens with one attached hydrogen (secondary N) is 1. The van der Waals surface area contributed by atoms with Gasteiger partial charge in [0.2, 0.25) is 0 Å². The molecule has 0 bridgehead atoms. The minimum atomic E-state index is -4.28. The van der Waals surface area contributed by atoms with Crippen LogP contribution < -0.4 is 4.72 Å². The summed E-state index contributed by atoms with van der Waals surface area (Å²) >= 11 is 12.4. The second-order valence-corrected chi connectivity index (χ2v) is 8.55. The SMILES string of the molecule is Cc1nn(Cc2c(Cl)cccc2Cl)c(C)c1NS(=O)(=O)c1ccc(F)cc1F. The van der Waals surface area contributed by atoms with Gasteiger partial charge in [0.25, 0.3) is 10.0 Å². The van der Waals surface area contributed by atoms with Crippen molar-refractivity contribution in [2.45, 2.75) is 25.3 Å². The fourth-order valence-corrected chi connectivity index (χ4v) is 4.47. The van der Waals surface area contributed by atoms with E-state index in [2.05, 4.69) is 9.82 Å². The summed E-state index contributed by atoms with van der Waals surface area (Å²) in [6.45, 7) is 3.48. The Hall–Kier alpha value is -2.16. The molecule has 0 fully saturated rings. The molecule has 1 aromatic heterocycles. The van der Waals surface area contributed by atoms with Gasteiger partial charge in [-0.15, -0.1) is 0 Å². The highest BCUT2D eigenvalue weighted by molar-refractivity contribution is 7.92. The lowest BCUT2D eigenvalue weighted by Crippen LogP contribution is -2.16. The number of aromatic nitrogens is 2. The summed E-state index contributed by atoms with van der Waals surface area (Å²) in [6.07, 6.45) is 0. The first-order valence-electron chi connectivity index (χ1n) is 8.05. The van der Waals surface area contributed by atoms with Crippen LogP contribution in [0.4, 0.5) is 14.5 Å². The summed E-state index contributed by atoms with van der Waals surface area (Å²) in [7, 11) is -4.28. The molecule has 0 atom stereocenters. The Morgan fingerprint density at radius 3 is 2.36 bits per heavy atom.